The van der Waals surface area contributed by atoms with Gasteiger partial charge in [-0.2, -0.15) is 35.5 Å². The molecule has 0 saturated heterocycles. The predicted octanol–water partition coefficient (Wildman–Crippen LogP) is 11.0. The number of hydrogen-bond donors (Lipinski definition) is 0. The number of hydrogen-bond acceptors (Lipinski definition) is 0. The van der Waals surface area contributed by atoms with Crippen LogP contribution in [-0.2, 0) is 38.1 Å². The standard InChI is InChI=1S/C28H37.C12H7Si.2ClH.Zr/c1-10-19-11-12-20-13-21(18(2)3)16-25(20)26(19)22-14-23(27(4,5)6)17-24(15-22)28(7,8)9;1-3-7-11-9(5-1)10-6-2-4-8-12(10)13-11;;;/h11-18H,10H2,1-9H3;1-7H;2*1H;/q2*-1;;;+4/p-2. The van der Waals surface area contributed by atoms with Crippen LogP contribution in [0.15, 0.2) is 84.9 Å². The molecule has 0 aliphatic carbocycles. The van der Waals surface area contributed by atoms with Gasteiger partial charge in [0.15, 0.2) is 0 Å². The zero-order valence-corrected chi connectivity index (χ0v) is 32.6. The minimum atomic E-state index is -0.826. The van der Waals surface area contributed by atoms with E-state index in [-0.39, 0.29) is 10.8 Å². The van der Waals surface area contributed by atoms with Gasteiger partial charge >= 0.3 is 37.9 Å². The van der Waals surface area contributed by atoms with E-state index < -0.39 is 20.8 Å². The number of rotatable bonds is 3. The largest absolute Gasteiger partial charge is 0.184 e. The summed E-state index contributed by atoms with van der Waals surface area (Å²) in [5.41, 5.74) is 11.6. The molecule has 0 aromatic heterocycles. The molecule has 1 aliphatic heterocycles. The second kappa shape index (κ2) is 14.7. The summed E-state index contributed by atoms with van der Waals surface area (Å²) in [4.78, 5) is 0. The molecular formula is C40H44Cl2SiZr. The fourth-order valence-electron chi connectivity index (χ4n) is 5.68. The van der Waals surface area contributed by atoms with Crippen LogP contribution in [0.3, 0.4) is 0 Å². The van der Waals surface area contributed by atoms with Crippen molar-refractivity contribution in [3.8, 4) is 22.3 Å². The molecule has 6 rings (SSSR count). The molecule has 0 fully saturated rings. The first kappa shape index (κ1) is 35.0. The van der Waals surface area contributed by atoms with Crippen LogP contribution in [0.2, 0.25) is 0 Å². The summed E-state index contributed by atoms with van der Waals surface area (Å²) in [5.74, 6) is 0.552. The molecule has 0 nitrogen and oxygen atoms in total. The molecule has 44 heavy (non-hydrogen) atoms. The summed E-state index contributed by atoms with van der Waals surface area (Å²) in [6, 6.07) is 34.9. The number of benzene rings is 4. The summed E-state index contributed by atoms with van der Waals surface area (Å²) < 4.78 is 0. The van der Waals surface area contributed by atoms with Gasteiger partial charge in [-0.1, -0.05) is 127 Å². The van der Waals surface area contributed by atoms with Gasteiger partial charge in [-0.15, -0.1) is 40.1 Å². The van der Waals surface area contributed by atoms with E-state index in [4.69, 9.17) is 17.0 Å². The molecule has 1 heterocycles. The minimum Gasteiger partial charge on any atom is -0.184 e. The third kappa shape index (κ3) is 8.11. The summed E-state index contributed by atoms with van der Waals surface area (Å²) >= 11 is -0.826. The predicted molar refractivity (Wildman–Crippen MR) is 193 cm³/mol. The van der Waals surface area contributed by atoms with Gasteiger partial charge in [0.2, 0.25) is 0 Å². The van der Waals surface area contributed by atoms with Crippen molar-refractivity contribution in [3.63, 3.8) is 0 Å². The van der Waals surface area contributed by atoms with Crippen LogP contribution in [0.5, 0.6) is 0 Å². The molecule has 1 aliphatic rings. The normalized spacial score (nSPS) is 12.1. The third-order valence-electron chi connectivity index (χ3n) is 8.33. The smallest absolute Gasteiger partial charge is 0.0920 e. The minimum absolute atomic E-state index is 0.130. The van der Waals surface area contributed by atoms with Crippen LogP contribution < -0.4 is 10.4 Å². The van der Waals surface area contributed by atoms with Crippen LogP contribution in [-0.4, -0.2) is 9.52 Å². The van der Waals surface area contributed by atoms with Gasteiger partial charge in [-0.25, -0.2) is 0 Å². The van der Waals surface area contributed by atoms with Gasteiger partial charge in [-0.05, 0) is 39.9 Å². The van der Waals surface area contributed by atoms with Crippen molar-refractivity contribution in [1.29, 1.82) is 0 Å². The van der Waals surface area contributed by atoms with E-state index in [1.165, 1.54) is 65.7 Å². The molecule has 0 atom stereocenters. The molecule has 0 unspecified atom stereocenters. The van der Waals surface area contributed by atoms with Crippen LogP contribution >= 0.6 is 17.0 Å². The monoisotopic (exact) mass is 712 g/mol. The van der Waals surface area contributed by atoms with Crippen LogP contribution in [0.4, 0.5) is 0 Å². The van der Waals surface area contributed by atoms with Gasteiger partial charge in [0.05, 0.1) is 9.52 Å². The van der Waals surface area contributed by atoms with E-state index >= 15 is 0 Å². The Morgan fingerprint density at radius 2 is 1.43 bits per heavy atom. The maximum absolute atomic E-state index is 4.93. The molecule has 226 valence electrons. The molecule has 0 saturated carbocycles. The van der Waals surface area contributed by atoms with Gasteiger partial charge in [0.1, 0.15) is 0 Å². The Labute approximate surface area is 287 Å². The fraction of sp³-hybridized carbons (Fsp3) is 0.325. The number of fused-ring (bicyclic) bond motifs is 4. The van der Waals surface area contributed by atoms with Gasteiger partial charge in [-0.3, -0.25) is 0 Å². The molecule has 0 spiro atoms. The van der Waals surface area contributed by atoms with E-state index in [1.54, 1.807) is 0 Å². The molecule has 0 bridgehead atoms. The Hall–Kier alpha value is -1.83. The molecule has 5 aromatic rings. The van der Waals surface area contributed by atoms with Crippen molar-refractivity contribution in [2.45, 2.75) is 85.5 Å². The van der Waals surface area contributed by atoms with Crippen molar-refractivity contribution in [1.82, 2.24) is 0 Å². The quantitative estimate of drug-likeness (QED) is 0.126. The maximum atomic E-state index is 4.93. The summed E-state index contributed by atoms with van der Waals surface area (Å²) in [6.07, 6.45) is 1.05. The van der Waals surface area contributed by atoms with Crippen molar-refractivity contribution in [3.05, 3.63) is 113 Å². The zero-order chi connectivity index (χ0) is 32.2. The molecule has 0 amide bonds. The third-order valence-corrected chi connectivity index (χ3v) is 9.70. The topological polar surface area (TPSA) is 0 Å². The van der Waals surface area contributed by atoms with E-state index in [0.717, 1.165) is 15.9 Å². The van der Waals surface area contributed by atoms with Gasteiger partial charge < -0.3 is 0 Å². The van der Waals surface area contributed by atoms with E-state index in [2.05, 4.69) is 147 Å². The molecular weight excluding hydrogens is 671 g/mol. The van der Waals surface area contributed by atoms with Crippen LogP contribution in [0, 0.1) is 6.07 Å². The Kier molecular flexibility index (Phi) is 11.7. The number of aryl methyl sites for hydroxylation is 1. The second-order valence-corrected chi connectivity index (χ2v) is 18.9. The average molecular weight is 715 g/mol. The van der Waals surface area contributed by atoms with Crippen molar-refractivity contribution >= 4 is 47.7 Å². The first-order valence-corrected chi connectivity index (χ1v) is 22.8. The van der Waals surface area contributed by atoms with E-state index in [0.29, 0.717) is 5.92 Å². The van der Waals surface area contributed by atoms with E-state index in [9.17, 15) is 0 Å². The van der Waals surface area contributed by atoms with Crippen molar-refractivity contribution < 1.29 is 20.8 Å². The summed E-state index contributed by atoms with van der Waals surface area (Å²) in [6.45, 7) is 20.8. The Morgan fingerprint density at radius 1 is 0.818 bits per heavy atom. The van der Waals surface area contributed by atoms with Crippen molar-refractivity contribution in [2.75, 3.05) is 0 Å². The van der Waals surface area contributed by atoms with Crippen LogP contribution in [0.25, 0.3) is 33.0 Å². The van der Waals surface area contributed by atoms with Gasteiger partial charge in [0.25, 0.3) is 0 Å². The number of halogens is 2. The zero-order valence-electron chi connectivity index (χ0n) is 27.6. The second-order valence-electron chi connectivity index (χ2n) is 13.9. The van der Waals surface area contributed by atoms with E-state index in [1.807, 2.05) is 6.07 Å². The first-order chi connectivity index (χ1) is 20.8. The summed E-state index contributed by atoms with van der Waals surface area (Å²) in [7, 11) is 10.7. The Morgan fingerprint density at radius 3 is 2.02 bits per heavy atom. The molecule has 2 radical (unpaired) electrons. The first-order valence-electron chi connectivity index (χ1n) is 15.5. The van der Waals surface area contributed by atoms with Gasteiger partial charge in [0, 0.05) is 0 Å². The van der Waals surface area contributed by atoms with Crippen LogP contribution in [0.1, 0.15) is 90.5 Å². The molecule has 0 N–H and O–H groups in total. The maximum Gasteiger partial charge on any atom is 0.0920 e. The average Bonchev–Trinajstić information content (AvgIpc) is 3.58. The van der Waals surface area contributed by atoms with Crippen molar-refractivity contribution in [2.24, 2.45) is 0 Å². The molecule has 5 aromatic carbocycles. The Bertz CT molecular complexity index is 1640. The fourth-order valence-corrected chi connectivity index (χ4v) is 6.99. The Balaban J connectivity index is 0.000000226. The molecule has 4 heteroatoms. The summed E-state index contributed by atoms with van der Waals surface area (Å²) in [5, 5.41) is 5.60. The SMILES string of the molecule is CCc1ccc2[cH-]c(C(C)C)cc2c1-c1cc(C(C)(C)C)cc(C(C)(C)C)c1.[Cl][Zr+2][Cl].[c-]1cccc2c1[Si]c1ccccc1-2.